The highest BCUT2D eigenvalue weighted by Crippen LogP contribution is 2.24. The number of hydrogen-bond acceptors (Lipinski definition) is 5. The first-order chi connectivity index (χ1) is 13.1. The van der Waals surface area contributed by atoms with Crippen molar-refractivity contribution < 1.29 is 4.79 Å². The topological polar surface area (TPSA) is 98.6 Å². The third-order valence-corrected chi connectivity index (χ3v) is 4.74. The van der Waals surface area contributed by atoms with Crippen LogP contribution in [0.5, 0.6) is 0 Å². The number of nitrogens with zero attached hydrogens (tertiary/aromatic N) is 2. The minimum atomic E-state index is -0.524. The Bertz CT molecular complexity index is 1040. The normalized spacial score (nSPS) is 11.4. The molecule has 1 atom stereocenters. The Kier molecular flexibility index (Phi) is 5.69. The predicted octanol–water partition coefficient (Wildman–Crippen LogP) is 3.43. The van der Waals surface area contributed by atoms with Gasteiger partial charge in [0.25, 0.3) is 5.56 Å². The zero-order chi connectivity index (χ0) is 19.2. The summed E-state index contributed by atoms with van der Waals surface area (Å²) < 4.78 is 0. The Labute approximate surface area is 160 Å². The first kappa shape index (κ1) is 18.4. The molecule has 0 spiro atoms. The van der Waals surface area contributed by atoms with Crippen LogP contribution in [0.2, 0.25) is 0 Å². The van der Waals surface area contributed by atoms with Crippen molar-refractivity contribution in [3.8, 4) is 17.3 Å². The average Bonchev–Trinajstić information content (AvgIpc) is 2.69. The number of para-hydroxylation sites is 1. The van der Waals surface area contributed by atoms with E-state index >= 15 is 0 Å². The highest BCUT2D eigenvalue weighted by molar-refractivity contribution is 8.00. The van der Waals surface area contributed by atoms with Gasteiger partial charge >= 0.3 is 0 Å². The second-order valence-electron chi connectivity index (χ2n) is 5.69. The molecule has 3 rings (SSSR count). The number of amides is 1. The van der Waals surface area contributed by atoms with E-state index in [1.165, 1.54) is 0 Å². The molecule has 0 fully saturated rings. The number of benzene rings is 2. The van der Waals surface area contributed by atoms with Gasteiger partial charge in [0.15, 0.2) is 5.16 Å². The summed E-state index contributed by atoms with van der Waals surface area (Å²) in [7, 11) is 0. The Morgan fingerprint density at radius 1 is 1.15 bits per heavy atom. The minimum Gasteiger partial charge on any atom is -0.325 e. The monoisotopic (exact) mass is 376 g/mol. The van der Waals surface area contributed by atoms with Crippen molar-refractivity contribution >= 4 is 23.4 Å². The van der Waals surface area contributed by atoms with Gasteiger partial charge in [0.1, 0.15) is 11.6 Å². The average molecular weight is 376 g/mol. The molecule has 0 saturated carbocycles. The number of H-pyrrole nitrogens is 1. The van der Waals surface area contributed by atoms with Gasteiger partial charge in [-0.2, -0.15) is 5.26 Å². The summed E-state index contributed by atoms with van der Waals surface area (Å²) in [5.74, 6) is -0.209. The molecule has 1 heterocycles. The van der Waals surface area contributed by atoms with Crippen LogP contribution in [0.25, 0.3) is 11.3 Å². The number of aromatic amines is 1. The van der Waals surface area contributed by atoms with E-state index in [-0.39, 0.29) is 16.6 Å². The van der Waals surface area contributed by atoms with Gasteiger partial charge in [-0.05, 0) is 19.1 Å². The van der Waals surface area contributed by atoms with Crippen LogP contribution >= 0.6 is 11.8 Å². The number of aromatic nitrogens is 2. The zero-order valence-corrected chi connectivity index (χ0v) is 15.3. The standard InChI is InChI=1S/C20H16N4O2S/c1-13(18(25)22-15-10-6-3-7-11-15)27-20-23-17(14-8-4-2-5-9-14)16(12-21)19(26)24-20/h2-11,13H,1H3,(H,22,25)(H,23,24,26)/t13-/m0/s1. The molecule has 2 N–H and O–H groups in total. The molecule has 0 aliphatic heterocycles. The quantitative estimate of drug-likeness (QED) is 0.525. The van der Waals surface area contributed by atoms with Crippen molar-refractivity contribution in [1.29, 1.82) is 5.26 Å². The van der Waals surface area contributed by atoms with Crippen molar-refractivity contribution in [2.24, 2.45) is 0 Å². The molecular weight excluding hydrogens is 360 g/mol. The molecular formula is C20H16N4O2S. The molecule has 3 aromatic rings. The van der Waals surface area contributed by atoms with Crippen LogP contribution in [0.4, 0.5) is 5.69 Å². The molecule has 0 saturated heterocycles. The molecule has 134 valence electrons. The fourth-order valence-corrected chi connectivity index (χ4v) is 3.20. The van der Waals surface area contributed by atoms with E-state index in [2.05, 4.69) is 15.3 Å². The molecule has 1 amide bonds. The number of thioether (sulfide) groups is 1. The largest absolute Gasteiger partial charge is 0.325 e. The van der Waals surface area contributed by atoms with Crippen LogP contribution in [0.15, 0.2) is 70.6 Å². The number of nitrogens with one attached hydrogen (secondary N) is 2. The van der Waals surface area contributed by atoms with Crippen LogP contribution < -0.4 is 10.9 Å². The highest BCUT2D eigenvalue weighted by atomic mass is 32.2. The summed E-state index contributed by atoms with van der Waals surface area (Å²) in [5, 5.41) is 11.9. The third kappa shape index (κ3) is 4.43. The molecule has 0 aliphatic carbocycles. The van der Waals surface area contributed by atoms with Crippen LogP contribution in [0.1, 0.15) is 12.5 Å². The van der Waals surface area contributed by atoms with Crippen LogP contribution in [0, 0.1) is 11.3 Å². The van der Waals surface area contributed by atoms with Crippen LogP contribution in [-0.4, -0.2) is 21.1 Å². The van der Waals surface area contributed by atoms with Gasteiger partial charge in [-0.3, -0.25) is 9.59 Å². The van der Waals surface area contributed by atoms with E-state index in [4.69, 9.17) is 0 Å². The van der Waals surface area contributed by atoms with E-state index < -0.39 is 10.8 Å². The number of carbonyl (C=O) groups is 1. The van der Waals surface area contributed by atoms with Crippen LogP contribution in [0.3, 0.4) is 0 Å². The molecule has 0 aliphatic rings. The van der Waals surface area contributed by atoms with Gasteiger partial charge in [-0.25, -0.2) is 4.98 Å². The summed E-state index contributed by atoms with van der Waals surface area (Å²) in [4.78, 5) is 31.6. The molecule has 27 heavy (non-hydrogen) atoms. The second-order valence-corrected chi connectivity index (χ2v) is 7.02. The molecule has 7 heteroatoms. The maximum absolute atomic E-state index is 12.4. The lowest BCUT2D eigenvalue weighted by molar-refractivity contribution is -0.115. The predicted molar refractivity (Wildman–Crippen MR) is 105 cm³/mol. The number of rotatable bonds is 5. The van der Waals surface area contributed by atoms with Crippen LogP contribution in [-0.2, 0) is 4.79 Å². The van der Waals surface area contributed by atoms with E-state index in [0.29, 0.717) is 16.9 Å². The third-order valence-electron chi connectivity index (χ3n) is 3.76. The first-order valence-electron chi connectivity index (χ1n) is 8.21. The minimum absolute atomic E-state index is 0.0491. The van der Waals surface area contributed by atoms with Crippen molar-refractivity contribution in [2.45, 2.75) is 17.3 Å². The lowest BCUT2D eigenvalue weighted by Gasteiger charge is -2.12. The first-order valence-corrected chi connectivity index (χ1v) is 9.09. The fourth-order valence-electron chi connectivity index (χ4n) is 2.40. The van der Waals surface area contributed by atoms with Gasteiger partial charge in [-0.15, -0.1) is 0 Å². The summed E-state index contributed by atoms with van der Waals surface area (Å²) >= 11 is 1.12. The molecule has 6 nitrogen and oxygen atoms in total. The Morgan fingerprint density at radius 2 is 1.78 bits per heavy atom. The van der Waals surface area contributed by atoms with Crippen molar-refractivity contribution in [2.75, 3.05) is 5.32 Å². The van der Waals surface area contributed by atoms with E-state index in [9.17, 15) is 14.9 Å². The molecule has 0 bridgehead atoms. The van der Waals surface area contributed by atoms with Crippen molar-refractivity contribution in [3.05, 3.63) is 76.6 Å². The fraction of sp³-hybridized carbons (Fsp3) is 0.100. The number of nitriles is 1. The summed E-state index contributed by atoms with van der Waals surface area (Å²) in [5.41, 5.74) is 1.10. The van der Waals surface area contributed by atoms with Gasteiger partial charge in [-0.1, -0.05) is 60.3 Å². The van der Waals surface area contributed by atoms with Gasteiger partial charge in [0, 0.05) is 11.3 Å². The smallest absolute Gasteiger partial charge is 0.270 e. The Balaban J connectivity index is 1.85. The molecule has 1 aromatic heterocycles. The Hall–Kier alpha value is -3.37. The number of anilines is 1. The molecule has 2 aromatic carbocycles. The summed E-state index contributed by atoms with van der Waals surface area (Å²) in [6.07, 6.45) is 0. The van der Waals surface area contributed by atoms with E-state index in [1.54, 1.807) is 31.2 Å². The summed E-state index contributed by atoms with van der Waals surface area (Å²) in [6.45, 7) is 1.73. The molecule has 0 radical (unpaired) electrons. The van der Waals surface area contributed by atoms with Crippen molar-refractivity contribution in [1.82, 2.24) is 9.97 Å². The Morgan fingerprint density at radius 3 is 2.41 bits per heavy atom. The van der Waals surface area contributed by atoms with Crippen molar-refractivity contribution in [3.63, 3.8) is 0 Å². The zero-order valence-electron chi connectivity index (χ0n) is 14.5. The van der Waals surface area contributed by atoms with Gasteiger partial charge in [0.2, 0.25) is 5.91 Å². The van der Waals surface area contributed by atoms with Gasteiger partial charge < -0.3 is 10.3 Å². The lowest BCUT2D eigenvalue weighted by atomic mass is 10.1. The van der Waals surface area contributed by atoms with Gasteiger partial charge in [0.05, 0.1) is 10.9 Å². The number of hydrogen-bond donors (Lipinski definition) is 2. The second kappa shape index (κ2) is 8.34. The van der Waals surface area contributed by atoms with E-state index in [0.717, 1.165) is 11.8 Å². The number of carbonyl (C=O) groups excluding carboxylic acids is 1. The van der Waals surface area contributed by atoms with E-state index in [1.807, 2.05) is 42.5 Å². The SMILES string of the molecule is C[C@H](Sc1nc(-c2ccccc2)c(C#N)c(=O)[nH]1)C(=O)Nc1ccccc1. The maximum atomic E-state index is 12.4. The molecule has 0 unspecified atom stereocenters. The maximum Gasteiger partial charge on any atom is 0.270 e. The highest BCUT2D eigenvalue weighted by Gasteiger charge is 2.19. The lowest BCUT2D eigenvalue weighted by Crippen LogP contribution is -2.23. The summed E-state index contributed by atoms with van der Waals surface area (Å²) in [6, 6.07) is 20.0.